The molecule has 5 heteroatoms. The number of hydrogen-bond acceptors (Lipinski definition) is 4. The lowest BCUT2D eigenvalue weighted by atomic mass is 10.0. The highest BCUT2D eigenvalue weighted by Crippen LogP contribution is 2.11. The molecule has 4 N–H and O–H groups in total. The molecule has 1 aromatic rings. The summed E-state index contributed by atoms with van der Waals surface area (Å²) < 4.78 is 0. The molecular weight excluding hydrogens is 194 g/mol. The van der Waals surface area contributed by atoms with Gasteiger partial charge in [0.15, 0.2) is 0 Å². The fourth-order valence-corrected chi connectivity index (χ4v) is 1.30. The van der Waals surface area contributed by atoms with E-state index in [4.69, 9.17) is 10.2 Å². The molecule has 0 bridgehead atoms. The molecule has 86 valence electrons. The molecule has 1 heterocycles. The van der Waals surface area contributed by atoms with Crippen LogP contribution in [0.1, 0.15) is 23.9 Å². The van der Waals surface area contributed by atoms with E-state index < -0.39 is 5.54 Å². The SMILES string of the molecule is Cc1n[nH]c(C)c1CNC(C)(CO)CO. The predicted molar refractivity (Wildman–Crippen MR) is 57.5 cm³/mol. The fourth-order valence-electron chi connectivity index (χ4n) is 1.30. The molecule has 0 aliphatic rings. The van der Waals surface area contributed by atoms with Crippen molar-refractivity contribution < 1.29 is 10.2 Å². The van der Waals surface area contributed by atoms with Crippen LogP contribution in [-0.2, 0) is 6.54 Å². The number of aromatic amines is 1. The zero-order valence-electron chi connectivity index (χ0n) is 9.46. The van der Waals surface area contributed by atoms with E-state index in [-0.39, 0.29) is 13.2 Å². The van der Waals surface area contributed by atoms with Crippen molar-refractivity contribution >= 4 is 0 Å². The maximum Gasteiger partial charge on any atom is 0.0638 e. The number of aliphatic hydroxyl groups excluding tert-OH is 2. The number of nitrogens with one attached hydrogen (secondary N) is 2. The van der Waals surface area contributed by atoms with Crippen LogP contribution < -0.4 is 5.32 Å². The van der Waals surface area contributed by atoms with Crippen LogP contribution in [0.5, 0.6) is 0 Å². The monoisotopic (exact) mass is 213 g/mol. The van der Waals surface area contributed by atoms with Crippen molar-refractivity contribution in [2.75, 3.05) is 13.2 Å². The second-order valence-electron chi connectivity index (χ2n) is 4.14. The number of hydrogen-bond donors (Lipinski definition) is 4. The van der Waals surface area contributed by atoms with Crippen LogP contribution in [0.2, 0.25) is 0 Å². The predicted octanol–water partition coefficient (Wildman–Crippen LogP) is -0.141. The average Bonchev–Trinajstić information content (AvgIpc) is 2.56. The largest absolute Gasteiger partial charge is 0.394 e. The molecule has 0 fully saturated rings. The molecule has 0 aromatic carbocycles. The van der Waals surface area contributed by atoms with E-state index in [1.807, 2.05) is 13.8 Å². The highest BCUT2D eigenvalue weighted by Gasteiger charge is 2.22. The van der Waals surface area contributed by atoms with Gasteiger partial charge in [0, 0.05) is 17.8 Å². The smallest absolute Gasteiger partial charge is 0.0638 e. The summed E-state index contributed by atoms with van der Waals surface area (Å²) in [6, 6.07) is 0. The zero-order chi connectivity index (χ0) is 11.5. The zero-order valence-corrected chi connectivity index (χ0v) is 9.46. The van der Waals surface area contributed by atoms with Crippen molar-refractivity contribution in [2.24, 2.45) is 0 Å². The van der Waals surface area contributed by atoms with Crippen molar-refractivity contribution in [2.45, 2.75) is 32.9 Å². The third-order valence-electron chi connectivity index (χ3n) is 2.67. The molecular formula is C10H19N3O2. The molecule has 0 spiro atoms. The van der Waals surface area contributed by atoms with Gasteiger partial charge < -0.3 is 15.5 Å². The van der Waals surface area contributed by atoms with E-state index in [2.05, 4.69) is 15.5 Å². The van der Waals surface area contributed by atoms with Gasteiger partial charge in [-0.2, -0.15) is 5.10 Å². The quantitative estimate of drug-likeness (QED) is 0.549. The standard InChI is InChI=1S/C10H19N3O2/c1-7-9(8(2)13-12-7)4-11-10(3,5-14)6-15/h11,14-15H,4-6H2,1-3H3,(H,12,13). The molecule has 0 saturated heterocycles. The Labute approximate surface area is 89.5 Å². The first kappa shape index (κ1) is 12.2. The molecule has 5 nitrogen and oxygen atoms in total. The van der Waals surface area contributed by atoms with Crippen LogP contribution in [0.3, 0.4) is 0 Å². The topological polar surface area (TPSA) is 81.2 Å². The Bertz CT molecular complexity index is 299. The Kier molecular flexibility index (Phi) is 3.84. The molecule has 0 unspecified atom stereocenters. The van der Waals surface area contributed by atoms with Crippen LogP contribution in [-0.4, -0.2) is 39.2 Å². The second kappa shape index (κ2) is 4.74. The summed E-state index contributed by atoms with van der Waals surface area (Å²) in [5, 5.41) is 28.3. The first-order valence-corrected chi connectivity index (χ1v) is 4.99. The Hall–Kier alpha value is -0.910. The molecule has 0 aliphatic heterocycles. The van der Waals surface area contributed by atoms with E-state index >= 15 is 0 Å². The van der Waals surface area contributed by atoms with Gasteiger partial charge in [0.25, 0.3) is 0 Å². The summed E-state index contributed by atoms with van der Waals surface area (Å²) in [7, 11) is 0. The van der Waals surface area contributed by atoms with Crippen LogP contribution in [0.25, 0.3) is 0 Å². The van der Waals surface area contributed by atoms with Crippen LogP contribution in [0.4, 0.5) is 0 Å². The van der Waals surface area contributed by atoms with E-state index in [9.17, 15) is 0 Å². The van der Waals surface area contributed by atoms with Gasteiger partial charge in [0.1, 0.15) is 0 Å². The maximum absolute atomic E-state index is 9.11. The lowest BCUT2D eigenvalue weighted by Gasteiger charge is -2.26. The molecule has 1 rings (SSSR count). The van der Waals surface area contributed by atoms with E-state index in [0.717, 1.165) is 17.0 Å². The molecule has 0 saturated carbocycles. The van der Waals surface area contributed by atoms with Gasteiger partial charge >= 0.3 is 0 Å². The maximum atomic E-state index is 9.11. The van der Waals surface area contributed by atoms with Crippen molar-refractivity contribution in [1.82, 2.24) is 15.5 Å². The van der Waals surface area contributed by atoms with Gasteiger partial charge in [-0.1, -0.05) is 0 Å². The Morgan fingerprint density at radius 3 is 2.33 bits per heavy atom. The van der Waals surface area contributed by atoms with Gasteiger partial charge in [-0.15, -0.1) is 0 Å². The molecule has 0 aliphatic carbocycles. The van der Waals surface area contributed by atoms with Gasteiger partial charge in [-0.25, -0.2) is 0 Å². The van der Waals surface area contributed by atoms with Gasteiger partial charge in [-0.3, -0.25) is 5.10 Å². The van der Waals surface area contributed by atoms with Gasteiger partial charge in [-0.05, 0) is 20.8 Å². The summed E-state index contributed by atoms with van der Waals surface area (Å²) in [4.78, 5) is 0. The molecule has 0 radical (unpaired) electrons. The van der Waals surface area contributed by atoms with Crippen LogP contribution in [0, 0.1) is 13.8 Å². The highest BCUT2D eigenvalue weighted by molar-refractivity contribution is 5.23. The minimum absolute atomic E-state index is 0.0978. The number of aromatic nitrogens is 2. The minimum atomic E-state index is -0.643. The van der Waals surface area contributed by atoms with Gasteiger partial charge in [0.05, 0.1) is 24.4 Å². The third-order valence-corrected chi connectivity index (χ3v) is 2.67. The summed E-state index contributed by atoms with van der Waals surface area (Å²) in [6.45, 7) is 6.05. The summed E-state index contributed by atoms with van der Waals surface area (Å²) in [5.41, 5.74) is 2.40. The van der Waals surface area contributed by atoms with Crippen molar-refractivity contribution in [3.63, 3.8) is 0 Å². The molecule has 15 heavy (non-hydrogen) atoms. The lowest BCUT2D eigenvalue weighted by Crippen LogP contribution is -2.48. The molecule has 1 aromatic heterocycles. The minimum Gasteiger partial charge on any atom is -0.394 e. The normalized spacial score (nSPS) is 12.1. The number of rotatable bonds is 5. The fraction of sp³-hybridized carbons (Fsp3) is 0.700. The van der Waals surface area contributed by atoms with Gasteiger partial charge in [0.2, 0.25) is 0 Å². The van der Waals surface area contributed by atoms with E-state index in [0.29, 0.717) is 6.54 Å². The average molecular weight is 213 g/mol. The van der Waals surface area contributed by atoms with E-state index in [1.165, 1.54) is 0 Å². The number of nitrogens with zero attached hydrogens (tertiary/aromatic N) is 1. The summed E-state index contributed by atoms with van der Waals surface area (Å²) >= 11 is 0. The summed E-state index contributed by atoms with van der Waals surface area (Å²) in [6.07, 6.45) is 0. The Morgan fingerprint density at radius 1 is 1.33 bits per heavy atom. The van der Waals surface area contributed by atoms with Crippen LogP contribution >= 0.6 is 0 Å². The number of aryl methyl sites for hydroxylation is 2. The number of aliphatic hydroxyl groups is 2. The molecule has 0 atom stereocenters. The Morgan fingerprint density at radius 2 is 1.93 bits per heavy atom. The van der Waals surface area contributed by atoms with Crippen molar-refractivity contribution in [3.05, 3.63) is 17.0 Å². The highest BCUT2D eigenvalue weighted by atomic mass is 16.3. The van der Waals surface area contributed by atoms with Crippen molar-refractivity contribution in [1.29, 1.82) is 0 Å². The lowest BCUT2D eigenvalue weighted by molar-refractivity contribution is 0.103. The Balaban J connectivity index is 2.64. The second-order valence-corrected chi connectivity index (χ2v) is 4.14. The van der Waals surface area contributed by atoms with E-state index in [1.54, 1.807) is 6.92 Å². The summed E-state index contributed by atoms with van der Waals surface area (Å²) in [5.74, 6) is 0. The van der Waals surface area contributed by atoms with Crippen molar-refractivity contribution in [3.8, 4) is 0 Å². The van der Waals surface area contributed by atoms with Crippen LogP contribution in [0.15, 0.2) is 0 Å². The number of H-pyrrole nitrogens is 1. The first-order valence-electron chi connectivity index (χ1n) is 4.99. The molecule has 0 amide bonds. The first-order chi connectivity index (χ1) is 7.02. The third kappa shape index (κ3) is 2.77.